The highest BCUT2D eigenvalue weighted by Gasteiger charge is 2.26. The Hall–Kier alpha value is -1.47. The minimum absolute atomic E-state index is 0.0173. The molecule has 0 fully saturated rings. The van der Waals surface area contributed by atoms with Gasteiger partial charge in [0.15, 0.2) is 11.9 Å². The van der Waals surface area contributed by atoms with Gasteiger partial charge in [-0.3, -0.25) is 4.57 Å². The van der Waals surface area contributed by atoms with Gasteiger partial charge in [-0.2, -0.15) is 0 Å². The van der Waals surface area contributed by atoms with Gasteiger partial charge in [-0.25, -0.2) is 4.79 Å². The molecule has 2 unspecified atom stereocenters. The highest BCUT2D eigenvalue weighted by molar-refractivity contribution is 5.72. The number of carboxylic acid groups (broad SMARTS) is 1. The number of ether oxygens (including phenoxy) is 1. The van der Waals surface area contributed by atoms with Crippen LogP contribution in [0.5, 0.6) is 0 Å². The molecule has 1 rings (SSSR count). The van der Waals surface area contributed by atoms with E-state index in [1.54, 1.807) is 0 Å². The Kier molecular flexibility index (Phi) is 4.42. The van der Waals surface area contributed by atoms with Gasteiger partial charge in [0.1, 0.15) is 12.4 Å². The molecular weight excluding hydrogens is 238 g/mol. The minimum Gasteiger partial charge on any atom is -0.480 e. The van der Waals surface area contributed by atoms with Gasteiger partial charge in [0, 0.05) is 0 Å². The average molecular weight is 257 g/mol. The Morgan fingerprint density at radius 1 is 1.56 bits per heavy atom. The molecular formula is C11H19N3O4. The summed E-state index contributed by atoms with van der Waals surface area (Å²) in [5.74, 6) is -0.846. The van der Waals surface area contributed by atoms with E-state index in [-0.39, 0.29) is 12.4 Å². The lowest BCUT2D eigenvalue weighted by Crippen LogP contribution is -2.30. The van der Waals surface area contributed by atoms with Crippen molar-refractivity contribution in [2.24, 2.45) is 0 Å². The fourth-order valence-corrected chi connectivity index (χ4v) is 1.39. The predicted octanol–water partition coefficient (Wildman–Crippen LogP) is 0.772. The molecule has 1 heterocycles. The third kappa shape index (κ3) is 3.78. The normalized spacial score (nSPS) is 15.4. The Bertz CT molecular complexity index is 409. The van der Waals surface area contributed by atoms with E-state index < -0.39 is 23.7 Å². The molecule has 7 heteroatoms. The third-order valence-corrected chi connectivity index (χ3v) is 2.27. The number of aliphatic hydroxyl groups excluding tert-OH is 1. The van der Waals surface area contributed by atoms with Crippen molar-refractivity contribution < 1.29 is 19.7 Å². The number of aliphatic hydroxyl groups is 1. The molecule has 2 atom stereocenters. The van der Waals surface area contributed by atoms with Crippen LogP contribution in [0.4, 0.5) is 0 Å². The van der Waals surface area contributed by atoms with Crippen LogP contribution < -0.4 is 0 Å². The van der Waals surface area contributed by atoms with Gasteiger partial charge < -0.3 is 14.9 Å². The number of rotatable bonds is 5. The molecule has 102 valence electrons. The quantitative estimate of drug-likeness (QED) is 0.808. The second-order valence-corrected chi connectivity index (χ2v) is 5.05. The zero-order chi connectivity index (χ0) is 13.9. The van der Waals surface area contributed by atoms with Crippen molar-refractivity contribution in [1.82, 2.24) is 14.8 Å². The Morgan fingerprint density at radius 2 is 2.17 bits per heavy atom. The molecule has 0 saturated heterocycles. The van der Waals surface area contributed by atoms with Crippen LogP contribution in [0.1, 0.15) is 45.7 Å². The molecule has 1 aromatic rings. The number of carbonyl (C=O) groups is 1. The van der Waals surface area contributed by atoms with Crippen LogP contribution in [0.3, 0.4) is 0 Å². The summed E-state index contributed by atoms with van der Waals surface area (Å²) in [4.78, 5) is 11.3. The summed E-state index contributed by atoms with van der Waals surface area (Å²) in [6, 6.07) is -0.955. The van der Waals surface area contributed by atoms with Crippen molar-refractivity contribution in [1.29, 1.82) is 0 Å². The molecule has 0 saturated carbocycles. The van der Waals surface area contributed by atoms with E-state index >= 15 is 0 Å². The molecule has 0 aliphatic heterocycles. The van der Waals surface area contributed by atoms with Crippen LogP contribution in [0, 0.1) is 0 Å². The summed E-state index contributed by atoms with van der Waals surface area (Å²) in [6.07, 6.45) is 0.399. The summed E-state index contributed by atoms with van der Waals surface area (Å²) < 4.78 is 6.79. The number of hydrogen-bond acceptors (Lipinski definition) is 5. The van der Waals surface area contributed by atoms with Crippen LogP contribution in [-0.2, 0) is 9.53 Å². The standard InChI is InChI=1S/C11H19N3O4/c1-7(15)9-13-12-6-14(9)8(10(16)17)5-18-11(2,3)4/h6-8,15H,5H2,1-4H3,(H,16,17). The first kappa shape index (κ1) is 14.6. The van der Waals surface area contributed by atoms with Crippen molar-refractivity contribution in [2.45, 2.75) is 45.4 Å². The zero-order valence-corrected chi connectivity index (χ0v) is 11.0. The number of aromatic nitrogens is 3. The number of hydrogen-bond donors (Lipinski definition) is 2. The highest BCUT2D eigenvalue weighted by atomic mass is 16.5. The summed E-state index contributed by atoms with van der Waals surface area (Å²) in [7, 11) is 0. The van der Waals surface area contributed by atoms with Gasteiger partial charge in [-0.05, 0) is 27.7 Å². The lowest BCUT2D eigenvalue weighted by molar-refractivity contribution is -0.145. The molecule has 18 heavy (non-hydrogen) atoms. The van der Waals surface area contributed by atoms with E-state index in [9.17, 15) is 15.0 Å². The van der Waals surface area contributed by atoms with Crippen LogP contribution in [0.15, 0.2) is 6.33 Å². The van der Waals surface area contributed by atoms with Crippen LogP contribution >= 0.6 is 0 Å². The number of nitrogens with zero attached hydrogens (tertiary/aromatic N) is 3. The van der Waals surface area contributed by atoms with Crippen molar-refractivity contribution in [3.63, 3.8) is 0 Å². The summed E-state index contributed by atoms with van der Waals surface area (Å²) in [5.41, 5.74) is -0.438. The molecule has 0 aromatic carbocycles. The molecule has 2 N–H and O–H groups in total. The topological polar surface area (TPSA) is 97.5 Å². The lowest BCUT2D eigenvalue weighted by Gasteiger charge is -2.23. The molecule has 0 radical (unpaired) electrons. The van der Waals surface area contributed by atoms with E-state index in [1.165, 1.54) is 17.8 Å². The van der Waals surface area contributed by atoms with Crippen molar-refractivity contribution in [3.05, 3.63) is 12.2 Å². The van der Waals surface area contributed by atoms with E-state index in [1.807, 2.05) is 20.8 Å². The maximum absolute atomic E-state index is 11.3. The maximum atomic E-state index is 11.3. The summed E-state index contributed by atoms with van der Waals surface area (Å²) in [5, 5.41) is 26.0. The SMILES string of the molecule is CC(O)c1nncn1C(COC(C)(C)C)C(=O)O. The van der Waals surface area contributed by atoms with Gasteiger partial charge in [-0.1, -0.05) is 0 Å². The van der Waals surface area contributed by atoms with E-state index in [0.717, 1.165) is 0 Å². The fraction of sp³-hybridized carbons (Fsp3) is 0.727. The number of aliphatic carboxylic acids is 1. The van der Waals surface area contributed by atoms with Crippen LogP contribution in [0.2, 0.25) is 0 Å². The largest absolute Gasteiger partial charge is 0.480 e. The van der Waals surface area contributed by atoms with Gasteiger partial charge in [0.05, 0.1) is 12.2 Å². The number of carboxylic acids is 1. The zero-order valence-electron chi connectivity index (χ0n) is 11.0. The van der Waals surface area contributed by atoms with E-state index in [2.05, 4.69) is 10.2 Å². The lowest BCUT2D eigenvalue weighted by atomic mass is 10.2. The van der Waals surface area contributed by atoms with Gasteiger partial charge in [0.2, 0.25) is 0 Å². The first-order valence-corrected chi connectivity index (χ1v) is 5.66. The van der Waals surface area contributed by atoms with Gasteiger partial charge in [-0.15, -0.1) is 10.2 Å². The Morgan fingerprint density at radius 3 is 2.61 bits per heavy atom. The fourth-order valence-electron chi connectivity index (χ4n) is 1.39. The Balaban J connectivity index is 2.91. The molecule has 7 nitrogen and oxygen atoms in total. The van der Waals surface area contributed by atoms with Gasteiger partial charge >= 0.3 is 5.97 Å². The van der Waals surface area contributed by atoms with Crippen molar-refractivity contribution >= 4 is 5.97 Å². The predicted molar refractivity (Wildman–Crippen MR) is 63.0 cm³/mol. The second kappa shape index (κ2) is 5.45. The van der Waals surface area contributed by atoms with Crippen molar-refractivity contribution in [3.8, 4) is 0 Å². The third-order valence-electron chi connectivity index (χ3n) is 2.27. The molecule has 0 bridgehead atoms. The Labute approximate surface area is 105 Å². The van der Waals surface area contributed by atoms with Gasteiger partial charge in [0.25, 0.3) is 0 Å². The molecule has 0 aliphatic carbocycles. The second-order valence-electron chi connectivity index (χ2n) is 5.05. The average Bonchev–Trinajstić information content (AvgIpc) is 2.64. The minimum atomic E-state index is -1.05. The van der Waals surface area contributed by atoms with E-state index in [4.69, 9.17) is 4.74 Å². The first-order valence-electron chi connectivity index (χ1n) is 5.66. The van der Waals surface area contributed by atoms with E-state index in [0.29, 0.717) is 0 Å². The molecule has 1 aromatic heterocycles. The van der Waals surface area contributed by atoms with Crippen LogP contribution in [-0.4, -0.2) is 43.2 Å². The van der Waals surface area contributed by atoms with Crippen molar-refractivity contribution in [2.75, 3.05) is 6.61 Å². The molecule has 0 spiro atoms. The maximum Gasteiger partial charge on any atom is 0.329 e. The summed E-state index contributed by atoms with van der Waals surface area (Å²) in [6.45, 7) is 7.01. The monoisotopic (exact) mass is 257 g/mol. The molecule has 0 amide bonds. The van der Waals surface area contributed by atoms with Crippen LogP contribution in [0.25, 0.3) is 0 Å². The smallest absolute Gasteiger partial charge is 0.329 e. The first-order chi connectivity index (χ1) is 8.22. The molecule has 0 aliphatic rings. The highest BCUT2D eigenvalue weighted by Crippen LogP contribution is 2.18. The summed E-state index contributed by atoms with van der Waals surface area (Å²) >= 11 is 0.